The van der Waals surface area contributed by atoms with Gasteiger partial charge in [-0.1, -0.05) is 0 Å². The number of carbonyl (C=O) groups excluding carboxylic acids is 1. The molecule has 1 aliphatic rings. The lowest BCUT2D eigenvalue weighted by Gasteiger charge is -2.35. The van der Waals surface area contributed by atoms with E-state index in [-0.39, 0.29) is 11.7 Å². The number of hydrogen-bond donors (Lipinski definition) is 1. The first-order chi connectivity index (χ1) is 10.7. The first-order valence-electron chi connectivity index (χ1n) is 7.14. The van der Waals surface area contributed by atoms with Crippen LogP contribution in [0.1, 0.15) is 10.4 Å². The number of nitrogens with zero attached hydrogens (tertiary/aromatic N) is 2. The second kappa shape index (κ2) is 6.27. The van der Waals surface area contributed by atoms with Gasteiger partial charge in [0.05, 0.1) is 17.7 Å². The third-order valence-electron chi connectivity index (χ3n) is 3.82. The van der Waals surface area contributed by atoms with Gasteiger partial charge in [-0.15, -0.1) is 11.3 Å². The van der Waals surface area contributed by atoms with Gasteiger partial charge in [-0.25, -0.2) is 0 Å². The average molecular weight is 318 g/mol. The van der Waals surface area contributed by atoms with Gasteiger partial charge in [-0.2, -0.15) is 0 Å². The van der Waals surface area contributed by atoms with E-state index < -0.39 is 0 Å². The molecule has 3 rings (SSSR count). The minimum absolute atomic E-state index is 0.0370. The quantitative estimate of drug-likeness (QED) is 0.944. The molecule has 1 aromatic heterocycles. The van der Waals surface area contributed by atoms with Gasteiger partial charge < -0.3 is 19.6 Å². The van der Waals surface area contributed by atoms with Crippen molar-refractivity contribution >= 4 is 22.2 Å². The van der Waals surface area contributed by atoms with E-state index in [0.29, 0.717) is 24.4 Å². The summed E-state index contributed by atoms with van der Waals surface area (Å²) >= 11 is 1.71. The number of carbonyl (C=O) groups is 1. The molecular formula is C16H18N2O3S. The number of methoxy groups -OCH3 is 1. The van der Waals surface area contributed by atoms with Crippen LogP contribution in [0.5, 0.6) is 11.5 Å². The van der Waals surface area contributed by atoms with Crippen LogP contribution in [0.15, 0.2) is 35.7 Å². The average Bonchev–Trinajstić information content (AvgIpc) is 3.08. The summed E-state index contributed by atoms with van der Waals surface area (Å²) in [5, 5.41) is 13.3. The highest BCUT2D eigenvalue weighted by molar-refractivity contribution is 7.14. The van der Waals surface area contributed by atoms with Crippen LogP contribution in [-0.4, -0.2) is 49.2 Å². The monoisotopic (exact) mass is 318 g/mol. The minimum atomic E-state index is -0.133. The Morgan fingerprint density at radius 1 is 1.23 bits per heavy atom. The molecule has 6 heteroatoms. The molecule has 2 aromatic rings. The minimum Gasteiger partial charge on any atom is -0.507 e. The number of benzene rings is 1. The van der Waals surface area contributed by atoms with Crippen molar-refractivity contribution in [2.75, 3.05) is 38.2 Å². The summed E-state index contributed by atoms with van der Waals surface area (Å²) in [5.74, 6) is 0.368. The van der Waals surface area contributed by atoms with Gasteiger partial charge in [0.25, 0.3) is 5.91 Å². The Labute approximate surface area is 133 Å². The Balaban J connectivity index is 1.67. The highest BCUT2D eigenvalue weighted by Gasteiger charge is 2.24. The van der Waals surface area contributed by atoms with E-state index in [2.05, 4.69) is 16.3 Å². The van der Waals surface area contributed by atoms with Crippen LogP contribution in [0.3, 0.4) is 0 Å². The normalized spacial score (nSPS) is 15.0. The van der Waals surface area contributed by atoms with Crippen LogP contribution in [0.2, 0.25) is 0 Å². The molecule has 0 aliphatic carbocycles. The maximum Gasteiger partial charge on any atom is 0.257 e. The molecule has 0 saturated carbocycles. The summed E-state index contributed by atoms with van der Waals surface area (Å²) in [4.78, 5) is 16.6. The molecule has 1 saturated heterocycles. The number of amides is 1. The van der Waals surface area contributed by atoms with Crippen molar-refractivity contribution in [1.29, 1.82) is 0 Å². The number of hydrogen-bond acceptors (Lipinski definition) is 5. The van der Waals surface area contributed by atoms with Gasteiger partial charge in [0.2, 0.25) is 0 Å². The fourth-order valence-corrected chi connectivity index (χ4v) is 3.35. The molecule has 0 bridgehead atoms. The van der Waals surface area contributed by atoms with E-state index in [1.807, 2.05) is 6.07 Å². The predicted molar refractivity (Wildman–Crippen MR) is 87.1 cm³/mol. The van der Waals surface area contributed by atoms with Crippen molar-refractivity contribution < 1.29 is 14.6 Å². The first kappa shape index (κ1) is 14.7. The number of thiophene rings is 1. The first-order valence-corrected chi connectivity index (χ1v) is 8.02. The molecule has 2 heterocycles. The largest absolute Gasteiger partial charge is 0.507 e. The summed E-state index contributed by atoms with van der Waals surface area (Å²) in [6.45, 7) is 2.93. The lowest BCUT2D eigenvalue weighted by Crippen LogP contribution is -2.48. The molecule has 116 valence electrons. The van der Waals surface area contributed by atoms with Crippen LogP contribution in [0, 0.1) is 0 Å². The number of ether oxygens (including phenoxy) is 1. The molecule has 1 aromatic carbocycles. The molecule has 1 aliphatic heterocycles. The van der Waals surface area contributed by atoms with Gasteiger partial charge in [0.15, 0.2) is 0 Å². The van der Waals surface area contributed by atoms with Crippen LogP contribution < -0.4 is 9.64 Å². The molecule has 0 radical (unpaired) electrons. The SMILES string of the molecule is COc1ccc(C(=O)N2CCN(c3cccs3)CC2)c(O)c1. The smallest absolute Gasteiger partial charge is 0.257 e. The topological polar surface area (TPSA) is 53.0 Å². The Bertz CT molecular complexity index is 649. The second-order valence-electron chi connectivity index (χ2n) is 5.11. The maximum atomic E-state index is 12.5. The number of aromatic hydroxyl groups is 1. The zero-order valence-corrected chi connectivity index (χ0v) is 13.2. The van der Waals surface area contributed by atoms with Gasteiger partial charge in [-0.3, -0.25) is 4.79 Å². The Hall–Kier alpha value is -2.21. The zero-order valence-electron chi connectivity index (χ0n) is 12.4. The van der Waals surface area contributed by atoms with Crippen LogP contribution in [-0.2, 0) is 0 Å². The van der Waals surface area contributed by atoms with Crippen molar-refractivity contribution in [1.82, 2.24) is 4.90 Å². The molecule has 1 fully saturated rings. The van der Waals surface area contributed by atoms with E-state index >= 15 is 0 Å². The summed E-state index contributed by atoms with van der Waals surface area (Å²) < 4.78 is 5.04. The molecule has 1 N–H and O–H groups in total. The van der Waals surface area contributed by atoms with E-state index in [0.717, 1.165) is 13.1 Å². The number of piperazine rings is 1. The zero-order chi connectivity index (χ0) is 15.5. The standard InChI is InChI=1S/C16H18N2O3S/c1-21-12-4-5-13(14(19)11-12)16(20)18-8-6-17(7-9-18)15-3-2-10-22-15/h2-5,10-11,19H,6-9H2,1H3. The fourth-order valence-electron chi connectivity index (χ4n) is 2.57. The van der Waals surface area contributed by atoms with Crippen LogP contribution >= 0.6 is 11.3 Å². The number of anilines is 1. The van der Waals surface area contributed by atoms with E-state index in [1.54, 1.807) is 28.4 Å². The lowest BCUT2D eigenvalue weighted by atomic mass is 10.1. The van der Waals surface area contributed by atoms with Gasteiger partial charge >= 0.3 is 0 Å². The van der Waals surface area contributed by atoms with Crippen molar-refractivity contribution in [2.45, 2.75) is 0 Å². The van der Waals surface area contributed by atoms with Crippen molar-refractivity contribution in [2.24, 2.45) is 0 Å². The summed E-state index contributed by atoms with van der Waals surface area (Å²) in [6.07, 6.45) is 0. The molecule has 22 heavy (non-hydrogen) atoms. The Morgan fingerprint density at radius 2 is 2.00 bits per heavy atom. The lowest BCUT2D eigenvalue weighted by molar-refractivity contribution is 0.0744. The summed E-state index contributed by atoms with van der Waals surface area (Å²) in [6, 6.07) is 8.90. The third-order valence-corrected chi connectivity index (χ3v) is 4.75. The second-order valence-corrected chi connectivity index (χ2v) is 6.04. The molecule has 0 atom stereocenters. The van der Waals surface area contributed by atoms with Crippen LogP contribution in [0.4, 0.5) is 5.00 Å². The van der Waals surface area contributed by atoms with Crippen molar-refractivity contribution in [3.8, 4) is 11.5 Å². The van der Waals surface area contributed by atoms with Gasteiger partial charge in [0.1, 0.15) is 11.5 Å². The molecular weight excluding hydrogens is 300 g/mol. The molecule has 5 nitrogen and oxygen atoms in total. The highest BCUT2D eigenvalue weighted by atomic mass is 32.1. The van der Waals surface area contributed by atoms with E-state index in [4.69, 9.17) is 4.74 Å². The van der Waals surface area contributed by atoms with Crippen molar-refractivity contribution in [3.05, 3.63) is 41.3 Å². The van der Waals surface area contributed by atoms with Crippen LogP contribution in [0.25, 0.3) is 0 Å². The predicted octanol–water partition coefficient (Wildman–Crippen LogP) is 2.42. The van der Waals surface area contributed by atoms with Gasteiger partial charge in [0, 0.05) is 32.2 Å². The maximum absolute atomic E-state index is 12.5. The molecule has 1 amide bonds. The number of phenols is 1. The Kier molecular flexibility index (Phi) is 4.20. The number of phenolic OH excluding ortho intramolecular Hbond substituents is 1. The highest BCUT2D eigenvalue weighted by Crippen LogP contribution is 2.26. The third kappa shape index (κ3) is 2.87. The molecule has 0 unspecified atom stereocenters. The van der Waals surface area contributed by atoms with Crippen molar-refractivity contribution in [3.63, 3.8) is 0 Å². The van der Waals surface area contributed by atoms with E-state index in [1.165, 1.54) is 18.2 Å². The summed E-state index contributed by atoms with van der Waals surface area (Å²) in [7, 11) is 1.53. The fraction of sp³-hybridized carbons (Fsp3) is 0.312. The van der Waals surface area contributed by atoms with E-state index in [9.17, 15) is 9.90 Å². The van der Waals surface area contributed by atoms with Gasteiger partial charge in [-0.05, 0) is 29.6 Å². The summed E-state index contributed by atoms with van der Waals surface area (Å²) in [5.41, 5.74) is 0.324. The Morgan fingerprint density at radius 3 is 2.59 bits per heavy atom. The number of rotatable bonds is 3. The molecule has 0 spiro atoms.